The molecule has 0 bridgehead atoms. The zero-order chi connectivity index (χ0) is 21.1. The van der Waals surface area contributed by atoms with Crippen LogP contribution >= 0.6 is 22.9 Å². The lowest BCUT2D eigenvalue weighted by Gasteiger charge is -2.39. The molecule has 0 saturated carbocycles. The number of hydrogen-bond donors (Lipinski definition) is 0. The summed E-state index contributed by atoms with van der Waals surface area (Å²) in [5, 5.41) is 2.49. The lowest BCUT2D eigenvalue weighted by atomic mass is 9.96. The molecule has 2 saturated heterocycles. The van der Waals surface area contributed by atoms with Crippen molar-refractivity contribution < 1.29 is 14.4 Å². The van der Waals surface area contributed by atoms with Crippen molar-refractivity contribution in [3.63, 3.8) is 0 Å². The molecule has 1 atom stereocenters. The van der Waals surface area contributed by atoms with Gasteiger partial charge in [-0.25, -0.2) is 0 Å². The highest BCUT2D eigenvalue weighted by Gasteiger charge is 2.33. The van der Waals surface area contributed by atoms with Gasteiger partial charge in [0, 0.05) is 49.9 Å². The van der Waals surface area contributed by atoms with Crippen LogP contribution < -0.4 is 0 Å². The molecule has 4 rings (SSSR count). The van der Waals surface area contributed by atoms with E-state index in [1.807, 2.05) is 22.4 Å². The van der Waals surface area contributed by atoms with Crippen molar-refractivity contribution in [2.24, 2.45) is 5.92 Å². The van der Waals surface area contributed by atoms with Crippen molar-refractivity contribution in [3.05, 3.63) is 57.2 Å². The van der Waals surface area contributed by atoms with Gasteiger partial charge in [-0.05, 0) is 48.6 Å². The number of carbonyl (C=O) groups is 3. The molecule has 2 aromatic rings. The first kappa shape index (κ1) is 20.9. The topological polar surface area (TPSA) is 60.9 Å². The molecule has 0 aliphatic carbocycles. The van der Waals surface area contributed by atoms with E-state index in [0.717, 1.165) is 17.7 Å². The Morgan fingerprint density at radius 2 is 1.57 bits per heavy atom. The number of nitrogens with zero attached hydrogens (tertiary/aromatic N) is 3. The number of halogens is 1. The van der Waals surface area contributed by atoms with Gasteiger partial charge in [0.15, 0.2) is 0 Å². The van der Waals surface area contributed by atoms with Crippen LogP contribution in [0.4, 0.5) is 0 Å². The fourth-order valence-electron chi connectivity index (χ4n) is 4.08. The van der Waals surface area contributed by atoms with Gasteiger partial charge in [0.1, 0.15) is 0 Å². The Morgan fingerprint density at radius 1 is 0.867 bits per heavy atom. The zero-order valence-corrected chi connectivity index (χ0v) is 18.2. The SMILES string of the molecule is O=C(c1ccc(Cl)cc1)N1CCN(C(=O)[C@H]2CCCN(C(=O)c3cccs3)C2)CC1. The van der Waals surface area contributed by atoms with Crippen molar-refractivity contribution >= 4 is 40.7 Å². The fourth-order valence-corrected chi connectivity index (χ4v) is 4.90. The molecule has 0 N–H and O–H groups in total. The minimum absolute atomic E-state index is 0.0147. The minimum Gasteiger partial charge on any atom is -0.339 e. The van der Waals surface area contributed by atoms with E-state index in [4.69, 9.17) is 11.6 Å². The normalized spacial score (nSPS) is 19.6. The van der Waals surface area contributed by atoms with Crippen LogP contribution in [0.2, 0.25) is 5.02 Å². The number of likely N-dealkylation sites (tertiary alicyclic amines) is 1. The van der Waals surface area contributed by atoms with E-state index in [0.29, 0.717) is 49.9 Å². The Bertz CT molecular complexity index is 908. The highest BCUT2D eigenvalue weighted by Crippen LogP contribution is 2.23. The van der Waals surface area contributed by atoms with Crippen LogP contribution in [0.25, 0.3) is 0 Å². The molecule has 0 unspecified atom stereocenters. The van der Waals surface area contributed by atoms with Gasteiger partial charge in [-0.15, -0.1) is 11.3 Å². The summed E-state index contributed by atoms with van der Waals surface area (Å²) in [5.74, 6) is -0.0940. The van der Waals surface area contributed by atoms with Gasteiger partial charge in [-0.1, -0.05) is 17.7 Å². The van der Waals surface area contributed by atoms with Crippen LogP contribution in [-0.4, -0.2) is 71.7 Å². The largest absolute Gasteiger partial charge is 0.339 e. The van der Waals surface area contributed by atoms with Gasteiger partial charge in [0.25, 0.3) is 11.8 Å². The predicted octanol–water partition coefficient (Wildman–Crippen LogP) is 3.24. The van der Waals surface area contributed by atoms with Crippen molar-refractivity contribution in [3.8, 4) is 0 Å². The Labute approximate surface area is 185 Å². The molecule has 8 heteroatoms. The van der Waals surface area contributed by atoms with Crippen molar-refractivity contribution in [2.45, 2.75) is 12.8 Å². The molecule has 1 aromatic carbocycles. The summed E-state index contributed by atoms with van der Waals surface area (Å²) in [5.41, 5.74) is 0.606. The summed E-state index contributed by atoms with van der Waals surface area (Å²) >= 11 is 7.33. The second kappa shape index (κ2) is 9.18. The summed E-state index contributed by atoms with van der Waals surface area (Å²) in [6, 6.07) is 10.6. The second-order valence-electron chi connectivity index (χ2n) is 7.69. The summed E-state index contributed by atoms with van der Waals surface area (Å²) < 4.78 is 0. The van der Waals surface area contributed by atoms with Crippen LogP contribution in [-0.2, 0) is 4.79 Å². The molecule has 158 valence electrons. The van der Waals surface area contributed by atoms with Crippen LogP contribution in [0.1, 0.15) is 32.9 Å². The summed E-state index contributed by atoms with van der Waals surface area (Å²) in [6.45, 7) is 3.24. The smallest absolute Gasteiger partial charge is 0.263 e. The first-order valence-corrected chi connectivity index (χ1v) is 11.4. The average Bonchev–Trinajstić information content (AvgIpc) is 3.33. The maximum absolute atomic E-state index is 13.1. The van der Waals surface area contributed by atoms with E-state index in [1.54, 1.807) is 34.1 Å². The number of piperazine rings is 1. The number of piperidine rings is 1. The number of rotatable bonds is 3. The number of amides is 3. The van der Waals surface area contributed by atoms with Gasteiger partial charge < -0.3 is 14.7 Å². The molecule has 30 heavy (non-hydrogen) atoms. The number of thiophene rings is 1. The first-order chi connectivity index (χ1) is 14.5. The third kappa shape index (κ3) is 4.52. The molecular formula is C22H24ClN3O3S. The summed E-state index contributed by atoms with van der Waals surface area (Å²) in [7, 11) is 0. The molecular weight excluding hydrogens is 422 g/mol. The zero-order valence-electron chi connectivity index (χ0n) is 16.6. The van der Waals surface area contributed by atoms with Crippen LogP contribution in [0.15, 0.2) is 41.8 Å². The maximum atomic E-state index is 13.1. The van der Waals surface area contributed by atoms with Crippen LogP contribution in [0.5, 0.6) is 0 Å². The summed E-state index contributed by atoms with van der Waals surface area (Å²) in [4.78, 5) is 44.5. The average molecular weight is 446 g/mol. The highest BCUT2D eigenvalue weighted by molar-refractivity contribution is 7.12. The van der Waals surface area contributed by atoms with Crippen LogP contribution in [0.3, 0.4) is 0 Å². The van der Waals surface area contributed by atoms with E-state index in [9.17, 15) is 14.4 Å². The van der Waals surface area contributed by atoms with Gasteiger partial charge >= 0.3 is 0 Å². The number of carbonyl (C=O) groups excluding carboxylic acids is 3. The van der Waals surface area contributed by atoms with E-state index < -0.39 is 0 Å². The van der Waals surface area contributed by atoms with E-state index in [2.05, 4.69) is 0 Å². The second-order valence-corrected chi connectivity index (χ2v) is 9.08. The highest BCUT2D eigenvalue weighted by atomic mass is 35.5. The van der Waals surface area contributed by atoms with E-state index in [-0.39, 0.29) is 23.6 Å². The molecule has 1 aromatic heterocycles. The van der Waals surface area contributed by atoms with Gasteiger partial charge in [-0.3, -0.25) is 14.4 Å². The van der Waals surface area contributed by atoms with E-state index in [1.165, 1.54) is 11.3 Å². The predicted molar refractivity (Wildman–Crippen MR) is 117 cm³/mol. The van der Waals surface area contributed by atoms with Crippen LogP contribution in [0, 0.1) is 5.92 Å². The Kier molecular flexibility index (Phi) is 6.39. The molecule has 2 aliphatic rings. The molecule has 6 nitrogen and oxygen atoms in total. The monoisotopic (exact) mass is 445 g/mol. The lowest BCUT2D eigenvalue weighted by molar-refractivity contribution is -0.138. The lowest BCUT2D eigenvalue weighted by Crippen LogP contribution is -2.54. The fraction of sp³-hybridized carbons (Fsp3) is 0.409. The van der Waals surface area contributed by atoms with Crippen molar-refractivity contribution in [2.75, 3.05) is 39.3 Å². The quantitative estimate of drug-likeness (QED) is 0.728. The van der Waals surface area contributed by atoms with Gasteiger partial charge in [-0.2, -0.15) is 0 Å². The molecule has 0 spiro atoms. The number of benzene rings is 1. The molecule has 3 heterocycles. The Hall–Kier alpha value is -2.38. The Morgan fingerprint density at radius 3 is 2.23 bits per heavy atom. The maximum Gasteiger partial charge on any atom is 0.263 e. The number of hydrogen-bond acceptors (Lipinski definition) is 4. The molecule has 2 aliphatic heterocycles. The molecule has 2 fully saturated rings. The first-order valence-electron chi connectivity index (χ1n) is 10.2. The molecule has 3 amide bonds. The minimum atomic E-state index is -0.166. The molecule has 0 radical (unpaired) electrons. The third-order valence-corrected chi connectivity index (χ3v) is 6.87. The Balaban J connectivity index is 1.32. The van der Waals surface area contributed by atoms with Gasteiger partial charge in [0.2, 0.25) is 5.91 Å². The van der Waals surface area contributed by atoms with Gasteiger partial charge in [0.05, 0.1) is 10.8 Å². The summed E-state index contributed by atoms with van der Waals surface area (Å²) in [6.07, 6.45) is 1.64. The van der Waals surface area contributed by atoms with Crippen molar-refractivity contribution in [1.29, 1.82) is 0 Å². The van der Waals surface area contributed by atoms with E-state index >= 15 is 0 Å². The van der Waals surface area contributed by atoms with Crippen molar-refractivity contribution in [1.82, 2.24) is 14.7 Å². The standard InChI is InChI=1S/C22H24ClN3O3S/c23-18-7-5-16(6-8-18)20(27)24-10-12-25(13-11-24)21(28)17-3-1-9-26(15-17)22(29)19-4-2-14-30-19/h2,4-8,14,17H,1,3,9-13,15H2/t17-/m0/s1. The third-order valence-electron chi connectivity index (χ3n) is 5.76.